The molecule has 2 aromatic rings. The molecule has 148 valence electrons. The Labute approximate surface area is 162 Å². The SMILES string of the molecule is CS(=O)(=O)CC[C@@H](c1nc(C2CCCC2)no1)N1C(=O)c2ccccc2C1=O. The zero-order valence-corrected chi connectivity index (χ0v) is 16.3. The van der Waals surface area contributed by atoms with Crippen LogP contribution in [0.25, 0.3) is 0 Å². The van der Waals surface area contributed by atoms with Crippen molar-refractivity contribution in [3.63, 3.8) is 0 Å². The van der Waals surface area contributed by atoms with Crippen LogP contribution in [0.1, 0.15) is 76.5 Å². The predicted octanol–water partition coefficient (Wildman–Crippen LogP) is 2.50. The van der Waals surface area contributed by atoms with E-state index in [0.29, 0.717) is 17.0 Å². The van der Waals surface area contributed by atoms with E-state index < -0.39 is 27.7 Å². The monoisotopic (exact) mass is 403 g/mol. The largest absolute Gasteiger partial charge is 0.337 e. The highest BCUT2D eigenvalue weighted by molar-refractivity contribution is 7.90. The van der Waals surface area contributed by atoms with E-state index in [0.717, 1.165) is 36.8 Å². The van der Waals surface area contributed by atoms with E-state index in [4.69, 9.17) is 4.52 Å². The summed E-state index contributed by atoms with van der Waals surface area (Å²) in [5.74, 6) is -0.269. The molecule has 0 N–H and O–H groups in total. The first kappa shape index (κ1) is 18.8. The number of hydrogen-bond acceptors (Lipinski definition) is 7. The van der Waals surface area contributed by atoms with E-state index in [1.54, 1.807) is 24.3 Å². The number of aromatic nitrogens is 2. The lowest BCUT2D eigenvalue weighted by atomic mass is 10.1. The number of carbonyl (C=O) groups is 2. The molecule has 1 aromatic carbocycles. The summed E-state index contributed by atoms with van der Waals surface area (Å²) in [5.41, 5.74) is 0.597. The topological polar surface area (TPSA) is 110 Å². The molecule has 28 heavy (non-hydrogen) atoms. The van der Waals surface area contributed by atoms with E-state index in [2.05, 4.69) is 10.1 Å². The summed E-state index contributed by atoms with van der Waals surface area (Å²) in [4.78, 5) is 31.3. The second-order valence-corrected chi connectivity index (χ2v) is 9.69. The maximum Gasteiger partial charge on any atom is 0.262 e. The summed E-state index contributed by atoms with van der Waals surface area (Å²) in [6.45, 7) is 0. The first-order chi connectivity index (χ1) is 13.3. The van der Waals surface area contributed by atoms with Crippen LogP contribution in [0, 0.1) is 0 Å². The van der Waals surface area contributed by atoms with Gasteiger partial charge in [0.25, 0.3) is 11.8 Å². The first-order valence-corrected chi connectivity index (χ1v) is 11.4. The van der Waals surface area contributed by atoms with Crippen molar-refractivity contribution in [2.24, 2.45) is 0 Å². The van der Waals surface area contributed by atoms with Crippen LogP contribution in [0.15, 0.2) is 28.8 Å². The van der Waals surface area contributed by atoms with Crippen molar-refractivity contribution in [2.75, 3.05) is 12.0 Å². The van der Waals surface area contributed by atoms with Crippen molar-refractivity contribution in [1.29, 1.82) is 0 Å². The summed E-state index contributed by atoms with van der Waals surface area (Å²) >= 11 is 0. The lowest BCUT2D eigenvalue weighted by molar-refractivity contribution is 0.0547. The summed E-state index contributed by atoms with van der Waals surface area (Å²) in [7, 11) is -3.31. The lowest BCUT2D eigenvalue weighted by Gasteiger charge is -2.22. The molecular formula is C19H21N3O5S. The second kappa shape index (κ2) is 7.12. The zero-order chi connectivity index (χ0) is 19.9. The maximum atomic E-state index is 12.9. The van der Waals surface area contributed by atoms with Crippen LogP contribution in [-0.2, 0) is 9.84 Å². The molecule has 1 aliphatic carbocycles. The third-order valence-electron chi connectivity index (χ3n) is 5.36. The maximum absolute atomic E-state index is 12.9. The molecule has 1 aliphatic heterocycles. The minimum absolute atomic E-state index is 0.0105. The molecular weight excluding hydrogens is 382 g/mol. The van der Waals surface area contributed by atoms with E-state index in [1.165, 1.54) is 0 Å². The number of nitrogens with zero attached hydrogens (tertiary/aromatic N) is 3. The highest BCUT2D eigenvalue weighted by Gasteiger charge is 2.43. The molecule has 0 saturated heterocycles. The van der Waals surface area contributed by atoms with Gasteiger partial charge in [0.1, 0.15) is 15.9 Å². The first-order valence-electron chi connectivity index (χ1n) is 9.33. The van der Waals surface area contributed by atoms with E-state index in [1.807, 2.05) is 0 Å². The van der Waals surface area contributed by atoms with Crippen LogP contribution < -0.4 is 0 Å². The van der Waals surface area contributed by atoms with Gasteiger partial charge in [-0.25, -0.2) is 8.42 Å². The molecule has 4 rings (SSSR count). The molecule has 1 saturated carbocycles. The molecule has 9 heteroatoms. The number of carbonyl (C=O) groups excluding carboxylic acids is 2. The Hall–Kier alpha value is -2.55. The molecule has 2 heterocycles. The van der Waals surface area contributed by atoms with Crippen LogP contribution in [0.5, 0.6) is 0 Å². The lowest BCUT2D eigenvalue weighted by Crippen LogP contribution is -2.35. The molecule has 2 aliphatic rings. The van der Waals surface area contributed by atoms with Gasteiger partial charge in [-0.2, -0.15) is 4.98 Å². The predicted molar refractivity (Wildman–Crippen MR) is 99.5 cm³/mol. The van der Waals surface area contributed by atoms with Crippen molar-refractivity contribution >= 4 is 21.7 Å². The quantitative estimate of drug-likeness (QED) is 0.681. The minimum atomic E-state index is -3.31. The average molecular weight is 403 g/mol. The van der Waals surface area contributed by atoms with Crippen molar-refractivity contribution in [3.05, 3.63) is 47.1 Å². The highest BCUT2D eigenvalue weighted by atomic mass is 32.2. The minimum Gasteiger partial charge on any atom is -0.337 e. The molecule has 1 fully saturated rings. The smallest absolute Gasteiger partial charge is 0.262 e. The van der Waals surface area contributed by atoms with Crippen molar-refractivity contribution < 1.29 is 22.5 Å². The molecule has 0 spiro atoms. The molecule has 2 amide bonds. The van der Waals surface area contributed by atoms with Gasteiger partial charge < -0.3 is 4.52 Å². The van der Waals surface area contributed by atoms with E-state index in [-0.39, 0.29) is 24.0 Å². The Morgan fingerprint density at radius 2 is 1.75 bits per heavy atom. The van der Waals surface area contributed by atoms with Crippen LogP contribution >= 0.6 is 0 Å². The van der Waals surface area contributed by atoms with Crippen LogP contribution in [0.3, 0.4) is 0 Å². The fourth-order valence-electron chi connectivity index (χ4n) is 3.91. The Morgan fingerprint density at radius 3 is 2.32 bits per heavy atom. The van der Waals surface area contributed by atoms with Crippen molar-refractivity contribution in [2.45, 2.75) is 44.1 Å². The van der Waals surface area contributed by atoms with E-state index in [9.17, 15) is 18.0 Å². The summed E-state index contributed by atoms with van der Waals surface area (Å²) in [6.07, 6.45) is 5.27. The van der Waals surface area contributed by atoms with Gasteiger partial charge in [-0.05, 0) is 31.4 Å². The fraction of sp³-hybridized carbons (Fsp3) is 0.474. The number of rotatable bonds is 6. The molecule has 0 radical (unpaired) electrons. The molecule has 1 aromatic heterocycles. The number of fused-ring (bicyclic) bond motifs is 1. The molecule has 1 atom stereocenters. The fourth-order valence-corrected chi connectivity index (χ4v) is 4.56. The standard InChI is InChI=1S/C19H21N3O5S/c1-28(25,26)11-10-15(17-20-16(21-27-17)12-6-2-3-7-12)22-18(23)13-8-4-5-9-14(13)19(22)24/h4-5,8-9,12,15H,2-3,6-7,10-11H2,1H3/t15-/m0/s1. The third kappa shape index (κ3) is 3.46. The Balaban J connectivity index is 1.68. The Morgan fingerprint density at radius 1 is 1.14 bits per heavy atom. The number of sulfone groups is 1. The van der Waals surface area contributed by atoms with Gasteiger partial charge in [-0.1, -0.05) is 30.1 Å². The van der Waals surface area contributed by atoms with Gasteiger partial charge in [-0.15, -0.1) is 0 Å². The number of imide groups is 1. The molecule has 8 nitrogen and oxygen atoms in total. The number of benzene rings is 1. The van der Waals surface area contributed by atoms with Crippen LogP contribution in [0.2, 0.25) is 0 Å². The van der Waals surface area contributed by atoms with E-state index >= 15 is 0 Å². The van der Waals surface area contributed by atoms with Crippen LogP contribution in [0.4, 0.5) is 0 Å². The Kier molecular flexibility index (Phi) is 4.78. The van der Waals surface area contributed by atoms with Gasteiger partial charge in [0.2, 0.25) is 5.89 Å². The zero-order valence-electron chi connectivity index (χ0n) is 15.5. The Bertz CT molecular complexity index is 989. The average Bonchev–Trinajstić information content (AvgIpc) is 3.38. The molecule has 0 bridgehead atoms. The normalized spacial score (nSPS) is 18.7. The number of hydrogen-bond donors (Lipinski definition) is 0. The molecule has 0 unspecified atom stereocenters. The van der Waals surface area contributed by atoms with Gasteiger partial charge in [0.05, 0.1) is 16.9 Å². The van der Waals surface area contributed by atoms with Gasteiger partial charge in [0.15, 0.2) is 5.82 Å². The third-order valence-corrected chi connectivity index (χ3v) is 6.34. The van der Waals surface area contributed by atoms with Gasteiger partial charge in [-0.3, -0.25) is 14.5 Å². The summed E-state index contributed by atoms with van der Waals surface area (Å²) in [5, 5.41) is 4.05. The van der Waals surface area contributed by atoms with Gasteiger partial charge >= 0.3 is 0 Å². The number of amides is 2. The summed E-state index contributed by atoms with van der Waals surface area (Å²) in [6, 6.07) is 5.63. The van der Waals surface area contributed by atoms with Crippen LogP contribution in [-0.4, -0.2) is 47.3 Å². The second-order valence-electron chi connectivity index (χ2n) is 7.43. The summed E-state index contributed by atoms with van der Waals surface area (Å²) < 4.78 is 28.9. The van der Waals surface area contributed by atoms with Gasteiger partial charge in [0, 0.05) is 12.2 Å². The highest BCUT2D eigenvalue weighted by Crippen LogP contribution is 2.36. The van der Waals surface area contributed by atoms with Crippen molar-refractivity contribution in [1.82, 2.24) is 15.0 Å². The van der Waals surface area contributed by atoms with Crippen molar-refractivity contribution in [3.8, 4) is 0 Å².